The van der Waals surface area contributed by atoms with Crippen molar-refractivity contribution in [2.45, 2.75) is 39.2 Å². The summed E-state index contributed by atoms with van der Waals surface area (Å²) in [7, 11) is 0. The van der Waals surface area contributed by atoms with Crippen LogP contribution in [0.4, 0.5) is 0 Å². The molecule has 0 unspecified atom stereocenters. The molecule has 1 aromatic carbocycles. The molecular formula is C16H17BrN2O2. The van der Waals surface area contributed by atoms with Crippen molar-refractivity contribution in [2.24, 2.45) is 0 Å². The third-order valence-corrected chi connectivity index (χ3v) is 4.28. The van der Waals surface area contributed by atoms with Gasteiger partial charge in [0.15, 0.2) is 0 Å². The third kappa shape index (κ3) is 3.02. The van der Waals surface area contributed by atoms with E-state index in [9.17, 15) is 4.79 Å². The lowest BCUT2D eigenvalue weighted by atomic mass is 9.96. The summed E-state index contributed by atoms with van der Waals surface area (Å²) in [5, 5.41) is 4.69. The Morgan fingerprint density at radius 3 is 2.71 bits per heavy atom. The van der Waals surface area contributed by atoms with Crippen molar-refractivity contribution in [3.8, 4) is 5.69 Å². The number of rotatable bonds is 3. The molecule has 1 aromatic heterocycles. The van der Waals surface area contributed by atoms with E-state index >= 15 is 0 Å². The van der Waals surface area contributed by atoms with Crippen LogP contribution in [0.2, 0.25) is 0 Å². The van der Waals surface area contributed by atoms with E-state index in [0.717, 1.165) is 28.7 Å². The zero-order valence-electron chi connectivity index (χ0n) is 11.9. The summed E-state index contributed by atoms with van der Waals surface area (Å²) in [6.07, 6.45) is 4.40. The average molecular weight is 349 g/mol. The highest BCUT2D eigenvalue weighted by Gasteiger charge is 2.22. The first-order valence-corrected chi connectivity index (χ1v) is 7.93. The second-order valence-electron chi connectivity index (χ2n) is 5.25. The maximum absolute atomic E-state index is 11.0. The Morgan fingerprint density at radius 1 is 1.29 bits per heavy atom. The maximum Gasteiger partial charge on any atom is 0.303 e. The average Bonchev–Trinajstić information content (AvgIpc) is 2.85. The second-order valence-corrected chi connectivity index (χ2v) is 6.16. The van der Waals surface area contributed by atoms with Gasteiger partial charge in [-0.1, -0.05) is 15.9 Å². The van der Waals surface area contributed by atoms with Crippen molar-refractivity contribution in [2.75, 3.05) is 0 Å². The first-order valence-electron chi connectivity index (χ1n) is 7.14. The molecular weight excluding hydrogens is 332 g/mol. The SMILES string of the molecule is CC(=O)OCc1nn(-c2ccc(Br)cc2)c2c1CCCC2. The van der Waals surface area contributed by atoms with Crippen LogP contribution in [-0.2, 0) is 29.0 Å². The van der Waals surface area contributed by atoms with Crippen LogP contribution in [0.3, 0.4) is 0 Å². The molecule has 1 aliphatic carbocycles. The summed E-state index contributed by atoms with van der Waals surface area (Å²) in [6.45, 7) is 1.69. The van der Waals surface area contributed by atoms with Gasteiger partial charge in [0.25, 0.3) is 0 Å². The van der Waals surface area contributed by atoms with Gasteiger partial charge in [-0.2, -0.15) is 5.10 Å². The van der Waals surface area contributed by atoms with Crippen molar-refractivity contribution < 1.29 is 9.53 Å². The molecule has 110 valence electrons. The van der Waals surface area contributed by atoms with Gasteiger partial charge in [-0.15, -0.1) is 0 Å². The number of carbonyl (C=O) groups excluding carboxylic acids is 1. The Kier molecular flexibility index (Phi) is 4.10. The summed E-state index contributed by atoms with van der Waals surface area (Å²) >= 11 is 3.45. The predicted molar refractivity (Wildman–Crippen MR) is 83.4 cm³/mol. The lowest BCUT2D eigenvalue weighted by Gasteiger charge is -2.14. The Bertz CT molecular complexity index is 662. The van der Waals surface area contributed by atoms with Gasteiger partial charge in [0.2, 0.25) is 0 Å². The number of halogens is 1. The second kappa shape index (κ2) is 6.02. The molecule has 0 saturated carbocycles. The highest BCUT2D eigenvalue weighted by Crippen LogP contribution is 2.27. The van der Waals surface area contributed by atoms with E-state index in [0.29, 0.717) is 0 Å². The van der Waals surface area contributed by atoms with Gasteiger partial charge in [-0.3, -0.25) is 4.79 Å². The molecule has 0 radical (unpaired) electrons. The van der Waals surface area contributed by atoms with E-state index in [2.05, 4.69) is 21.0 Å². The number of aromatic nitrogens is 2. The van der Waals surface area contributed by atoms with Gasteiger partial charge < -0.3 is 4.74 Å². The summed E-state index contributed by atoms with van der Waals surface area (Å²) in [6, 6.07) is 8.11. The number of hydrogen-bond donors (Lipinski definition) is 0. The van der Waals surface area contributed by atoms with Crippen molar-refractivity contribution >= 4 is 21.9 Å². The summed E-state index contributed by atoms with van der Waals surface area (Å²) in [4.78, 5) is 11.0. The number of benzene rings is 1. The van der Waals surface area contributed by atoms with Crippen molar-refractivity contribution in [3.63, 3.8) is 0 Å². The van der Waals surface area contributed by atoms with E-state index in [-0.39, 0.29) is 12.6 Å². The van der Waals surface area contributed by atoms with Crippen molar-refractivity contribution in [1.29, 1.82) is 0 Å². The molecule has 0 saturated heterocycles. The monoisotopic (exact) mass is 348 g/mol. The normalized spacial score (nSPS) is 13.8. The Hall–Kier alpha value is -1.62. The smallest absolute Gasteiger partial charge is 0.303 e. The fourth-order valence-corrected chi connectivity index (χ4v) is 3.02. The summed E-state index contributed by atoms with van der Waals surface area (Å²) < 4.78 is 8.19. The molecule has 1 aliphatic rings. The number of carbonyl (C=O) groups is 1. The predicted octanol–water partition coefficient (Wildman–Crippen LogP) is 3.58. The number of hydrogen-bond acceptors (Lipinski definition) is 3. The minimum atomic E-state index is -0.266. The van der Waals surface area contributed by atoms with E-state index in [1.807, 2.05) is 28.9 Å². The number of fused-ring (bicyclic) bond motifs is 1. The molecule has 1 heterocycles. The Balaban J connectivity index is 2.00. The first-order chi connectivity index (χ1) is 10.1. The molecule has 0 spiro atoms. The highest BCUT2D eigenvalue weighted by atomic mass is 79.9. The molecule has 5 heteroatoms. The topological polar surface area (TPSA) is 44.1 Å². The minimum Gasteiger partial charge on any atom is -0.459 e. The van der Waals surface area contributed by atoms with Crippen LogP contribution < -0.4 is 0 Å². The van der Waals surface area contributed by atoms with Gasteiger partial charge in [0, 0.05) is 22.7 Å². The molecule has 0 atom stereocenters. The van der Waals surface area contributed by atoms with Crippen LogP contribution >= 0.6 is 15.9 Å². The number of esters is 1. The third-order valence-electron chi connectivity index (χ3n) is 3.75. The van der Waals surface area contributed by atoms with Crippen LogP contribution in [0.15, 0.2) is 28.7 Å². The van der Waals surface area contributed by atoms with Crippen molar-refractivity contribution in [1.82, 2.24) is 9.78 Å². The van der Waals surface area contributed by atoms with Gasteiger partial charge in [0.1, 0.15) is 12.3 Å². The standard InChI is InChI=1S/C16H17BrN2O2/c1-11(20)21-10-15-14-4-2-3-5-16(14)19(18-15)13-8-6-12(17)7-9-13/h6-9H,2-5,10H2,1H3. The maximum atomic E-state index is 11.0. The van der Waals surface area contributed by atoms with Crippen molar-refractivity contribution in [3.05, 3.63) is 45.7 Å². The fourth-order valence-electron chi connectivity index (χ4n) is 2.76. The lowest BCUT2D eigenvalue weighted by molar-refractivity contribution is -0.142. The highest BCUT2D eigenvalue weighted by molar-refractivity contribution is 9.10. The van der Waals surface area contributed by atoms with E-state index in [4.69, 9.17) is 4.74 Å². The molecule has 0 amide bonds. The molecule has 0 aliphatic heterocycles. The largest absolute Gasteiger partial charge is 0.459 e. The first kappa shape index (κ1) is 14.3. The fraction of sp³-hybridized carbons (Fsp3) is 0.375. The van der Waals surface area contributed by atoms with Gasteiger partial charge in [-0.05, 0) is 49.9 Å². The number of nitrogens with zero attached hydrogens (tertiary/aromatic N) is 2. The minimum absolute atomic E-state index is 0.265. The summed E-state index contributed by atoms with van der Waals surface area (Å²) in [5.74, 6) is -0.266. The van der Waals surface area contributed by atoms with Crippen LogP contribution in [-0.4, -0.2) is 15.7 Å². The lowest BCUT2D eigenvalue weighted by Crippen LogP contribution is -2.08. The van der Waals surface area contributed by atoms with Gasteiger partial charge >= 0.3 is 5.97 Å². The number of ether oxygens (including phenoxy) is 1. The zero-order valence-corrected chi connectivity index (χ0v) is 13.5. The van der Waals surface area contributed by atoms with Crippen LogP contribution in [0, 0.1) is 0 Å². The molecule has 0 N–H and O–H groups in total. The van der Waals surface area contributed by atoms with Crippen LogP contribution in [0.5, 0.6) is 0 Å². The van der Waals surface area contributed by atoms with E-state index in [1.165, 1.54) is 31.0 Å². The molecule has 0 bridgehead atoms. The van der Waals surface area contributed by atoms with E-state index in [1.54, 1.807) is 0 Å². The quantitative estimate of drug-likeness (QED) is 0.796. The van der Waals surface area contributed by atoms with E-state index < -0.39 is 0 Å². The molecule has 3 rings (SSSR count). The summed E-state index contributed by atoms with van der Waals surface area (Å²) in [5.41, 5.74) is 4.45. The zero-order chi connectivity index (χ0) is 14.8. The van der Waals surface area contributed by atoms with Gasteiger partial charge in [0.05, 0.1) is 5.69 Å². The van der Waals surface area contributed by atoms with Gasteiger partial charge in [-0.25, -0.2) is 4.68 Å². The molecule has 4 nitrogen and oxygen atoms in total. The molecule has 2 aromatic rings. The van der Waals surface area contributed by atoms with Crippen LogP contribution in [0.25, 0.3) is 5.69 Å². The van der Waals surface area contributed by atoms with Crippen LogP contribution in [0.1, 0.15) is 36.7 Å². The Morgan fingerprint density at radius 2 is 2.00 bits per heavy atom. The molecule has 0 fully saturated rings. The Labute approximate surface area is 132 Å². The molecule has 21 heavy (non-hydrogen) atoms.